The molecule has 142 valence electrons. The van der Waals surface area contributed by atoms with Gasteiger partial charge in [0.05, 0.1) is 12.7 Å². The summed E-state index contributed by atoms with van der Waals surface area (Å²) in [6, 6.07) is 17.7. The molecule has 0 radical (unpaired) electrons. The molecule has 2 aromatic carbocycles. The maximum absolute atomic E-state index is 13.4. The van der Waals surface area contributed by atoms with Gasteiger partial charge in [0.15, 0.2) is 0 Å². The van der Waals surface area contributed by atoms with Crippen molar-refractivity contribution in [3.05, 3.63) is 70.7 Å². The van der Waals surface area contributed by atoms with Crippen molar-refractivity contribution < 1.29 is 9.53 Å². The van der Waals surface area contributed by atoms with Crippen molar-refractivity contribution in [3.63, 3.8) is 0 Å². The van der Waals surface area contributed by atoms with Crippen LogP contribution in [0.1, 0.15) is 36.1 Å². The van der Waals surface area contributed by atoms with E-state index < -0.39 is 0 Å². The molecule has 2 aliphatic rings. The van der Waals surface area contributed by atoms with Crippen LogP contribution in [0.4, 0.5) is 0 Å². The molecule has 2 atom stereocenters. The fraction of sp³-hybridized carbons (Fsp3) is 0.409. The number of likely N-dealkylation sites (tertiary alicyclic amines) is 1. The monoisotopic (exact) mass is 384 g/mol. The number of ether oxygens (including phenoxy) is 1. The number of benzene rings is 2. The summed E-state index contributed by atoms with van der Waals surface area (Å²) in [7, 11) is 0. The van der Waals surface area contributed by atoms with Crippen LogP contribution in [0, 0.1) is 0 Å². The summed E-state index contributed by atoms with van der Waals surface area (Å²) in [5.41, 5.74) is 2.16. The first-order chi connectivity index (χ1) is 13.2. The highest BCUT2D eigenvalue weighted by Gasteiger charge is 2.35. The largest absolute Gasteiger partial charge is 0.371 e. The number of halogens is 1. The molecule has 0 N–H and O–H groups in total. The lowest BCUT2D eigenvalue weighted by Crippen LogP contribution is -2.47. The minimum absolute atomic E-state index is 0.0476. The van der Waals surface area contributed by atoms with Crippen LogP contribution in [0.15, 0.2) is 54.6 Å². The minimum Gasteiger partial charge on any atom is -0.371 e. The molecular weight excluding hydrogens is 360 g/mol. The Bertz CT molecular complexity index is 760. The van der Waals surface area contributed by atoms with Gasteiger partial charge >= 0.3 is 0 Å². The molecule has 0 aliphatic carbocycles. The van der Waals surface area contributed by atoms with Gasteiger partial charge in [0.2, 0.25) is 5.91 Å². The summed E-state index contributed by atoms with van der Waals surface area (Å²) in [5.74, 6) is 0.218. The second kappa shape index (κ2) is 8.42. The number of carbonyl (C=O) groups is 1. The van der Waals surface area contributed by atoms with E-state index >= 15 is 0 Å². The summed E-state index contributed by atoms with van der Waals surface area (Å²) in [6.07, 6.45) is 2.15. The van der Waals surface area contributed by atoms with Crippen molar-refractivity contribution in [3.8, 4) is 0 Å². The van der Waals surface area contributed by atoms with Gasteiger partial charge in [0.25, 0.3) is 0 Å². The molecule has 27 heavy (non-hydrogen) atoms. The van der Waals surface area contributed by atoms with E-state index in [-0.39, 0.29) is 18.1 Å². The van der Waals surface area contributed by atoms with Crippen molar-refractivity contribution in [1.82, 2.24) is 9.80 Å². The van der Waals surface area contributed by atoms with E-state index in [0.717, 1.165) is 48.6 Å². The molecule has 5 heteroatoms. The van der Waals surface area contributed by atoms with Gasteiger partial charge in [-0.15, -0.1) is 0 Å². The Labute approximate surface area is 165 Å². The zero-order valence-electron chi connectivity index (χ0n) is 15.4. The van der Waals surface area contributed by atoms with Crippen LogP contribution in [0.5, 0.6) is 0 Å². The van der Waals surface area contributed by atoms with E-state index in [1.165, 1.54) is 0 Å². The number of nitrogens with zero attached hydrogens (tertiary/aromatic N) is 2. The maximum Gasteiger partial charge on any atom is 0.244 e. The van der Waals surface area contributed by atoms with E-state index in [2.05, 4.69) is 17.0 Å². The average molecular weight is 385 g/mol. The van der Waals surface area contributed by atoms with Crippen LogP contribution in [0.3, 0.4) is 0 Å². The Morgan fingerprint density at radius 2 is 1.70 bits per heavy atom. The van der Waals surface area contributed by atoms with Crippen LogP contribution < -0.4 is 0 Å². The van der Waals surface area contributed by atoms with Crippen LogP contribution in [-0.4, -0.2) is 48.5 Å². The lowest BCUT2D eigenvalue weighted by Gasteiger charge is -2.39. The van der Waals surface area contributed by atoms with Crippen molar-refractivity contribution >= 4 is 17.5 Å². The molecule has 0 aromatic heterocycles. The lowest BCUT2D eigenvalue weighted by atomic mass is 10.0. The van der Waals surface area contributed by atoms with E-state index in [0.29, 0.717) is 13.2 Å². The van der Waals surface area contributed by atoms with E-state index in [4.69, 9.17) is 16.3 Å². The lowest BCUT2D eigenvalue weighted by molar-refractivity contribution is -0.140. The topological polar surface area (TPSA) is 32.8 Å². The Morgan fingerprint density at radius 3 is 2.41 bits per heavy atom. The van der Waals surface area contributed by atoms with E-state index in [9.17, 15) is 4.79 Å². The number of rotatable bonds is 4. The highest BCUT2D eigenvalue weighted by molar-refractivity contribution is 6.30. The fourth-order valence-electron chi connectivity index (χ4n) is 4.04. The molecule has 2 heterocycles. The number of carbonyl (C=O) groups excluding carboxylic acids is 1. The molecule has 2 aromatic rings. The molecule has 0 bridgehead atoms. The van der Waals surface area contributed by atoms with Gasteiger partial charge in [-0.25, -0.2) is 0 Å². The van der Waals surface area contributed by atoms with Crippen molar-refractivity contribution in [1.29, 1.82) is 0 Å². The van der Waals surface area contributed by atoms with Gasteiger partial charge in [-0.1, -0.05) is 54.1 Å². The molecule has 2 aliphatic heterocycles. The summed E-state index contributed by atoms with van der Waals surface area (Å²) < 4.78 is 6.02. The molecule has 4 nitrogen and oxygen atoms in total. The third kappa shape index (κ3) is 4.18. The maximum atomic E-state index is 13.4. The summed E-state index contributed by atoms with van der Waals surface area (Å²) >= 11 is 6.02. The summed E-state index contributed by atoms with van der Waals surface area (Å²) in [6.45, 7) is 3.80. The van der Waals surface area contributed by atoms with Crippen LogP contribution in [0.25, 0.3) is 0 Å². The zero-order valence-corrected chi connectivity index (χ0v) is 16.1. The zero-order chi connectivity index (χ0) is 18.6. The van der Waals surface area contributed by atoms with Gasteiger partial charge in [0.1, 0.15) is 6.04 Å². The molecule has 0 unspecified atom stereocenters. The van der Waals surface area contributed by atoms with E-state index in [1.807, 2.05) is 47.4 Å². The fourth-order valence-corrected chi connectivity index (χ4v) is 4.16. The van der Waals surface area contributed by atoms with Gasteiger partial charge in [-0.2, -0.15) is 0 Å². The SMILES string of the molecule is O=C([C@H](c1ccccc1)N1CCO[C@H](c2ccc(Cl)cc2)C1)N1CCCC1. The molecule has 0 spiro atoms. The van der Waals surface area contributed by atoms with Crippen molar-refractivity contribution in [2.45, 2.75) is 25.0 Å². The second-order valence-corrected chi connectivity index (χ2v) is 7.69. The third-order valence-corrected chi connectivity index (χ3v) is 5.72. The third-order valence-electron chi connectivity index (χ3n) is 5.47. The number of hydrogen-bond acceptors (Lipinski definition) is 3. The Kier molecular flexibility index (Phi) is 5.77. The highest BCUT2D eigenvalue weighted by atomic mass is 35.5. The number of morpholine rings is 1. The first-order valence-corrected chi connectivity index (χ1v) is 10.0. The average Bonchev–Trinajstić information content (AvgIpc) is 3.25. The highest BCUT2D eigenvalue weighted by Crippen LogP contribution is 2.31. The molecule has 0 saturated carbocycles. The predicted molar refractivity (Wildman–Crippen MR) is 107 cm³/mol. The Morgan fingerprint density at radius 1 is 1.00 bits per heavy atom. The number of amides is 1. The molecule has 1 amide bonds. The minimum atomic E-state index is -0.247. The Hall–Kier alpha value is -1.88. The van der Waals surface area contributed by atoms with Crippen LogP contribution in [-0.2, 0) is 9.53 Å². The smallest absolute Gasteiger partial charge is 0.244 e. The normalized spacial score (nSPS) is 22.0. The van der Waals surface area contributed by atoms with Crippen LogP contribution >= 0.6 is 11.6 Å². The number of hydrogen-bond donors (Lipinski definition) is 0. The van der Waals surface area contributed by atoms with Crippen LogP contribution in [0.2, 0.25) is 5.02 Å². The molecular formula is C22H25ClN2O2. The van der Waals surface area contributed by atoms with E-state index in [1.54, 1.807) is 0 Å². The second-order valence-electron chi connectivity index (χ2n) is 7.25. The first kappa shape index (κ1) is 18.5. The summed E-state index contributed by atoms with van der Waals surface area (Å²) in [5, 5.41) is 0.720. The first-order valence-electron chi connectivity index (χ1n) is 9.67. The molecule has 2 fully saturated rings. The Balaban J connectivity index is 1.59. The van der Waals surface area contributed by atoms with Crippen molar-refractivity contribution in [2.24, 2.45) is 0 Å². The van der Waals surface area contributed by atoms with Gasteiger partial charge in [0, 0.05) is 31.2 Å². The van der Waals surface area contributed by atoms with Crippen molar-refractivity contribution in [2.75, 3.05) is 32.8 Å². The summed E-state index contributed by atoms with van der Waals surface area (Å²) in [4.78, 5) is 17.7. The quantitative estimate of drug-likeness (QED) is 0.796. The van der Waals surface area contributed by atoms with Gasteiger partial charge < -0.3 is 9.64 Å². The molecule has 2 saturated heterocycles. The van der Waals surface area contributed by atoms with Gasteiger partial charge in [-0.05, 0) is 36.1 Å². The molecule has 4 rings (SSSR count). The predicted octanol–water partition coefficient (Wildman–Crippen LogP) is 4.08. The van der Waals surface area contributed by atoms with Gasteiger partial charge in [-0.3, -0.25) is 9.69 Å². The standard InChI is InChI=1S/C22H25ClN2O2/c23-19-10-8-17(9-11-19)20-16-25(14-15-27-20)21(18-6-2-1-3-7-18)22(26)24-12-4-5-13-24/h1-3,6-11,20-21H,4-5,12-16H2/t20-,21-/m0/s1.